The predicted octanol–water partition coefficient (Wildman–Crippen LogP) is 3.38. The Bertz CT molecular complexity index is 288. The molecule has 1 aromatic heterocycles. The molecule has 0 bridgehead atoms. The van der Waals surface area contributed by atoms with Gasteiger partial charge < -0.3 is 4.74 Å². The Morgan fingerprint density at radius 1 is 1.44 bits per heavy atom. The van der Waals surface area contributed by atoms with Gasteiger partial charge >= 0.3 is 0 Å². The molecule has 2 heterocycles. The Morgan fingerprint density at radius 3 is 2.69 bits per heavy atom. The fourth-order valence-electron chi connectivity index (χ4n) is 1.78. The quantitative estimate of drug-likeness (QED) is 0.770. The summed E-state index contributed by atoms with van der Waals surface area (Å²) in [6, 6.07) is 0.455. The lowest BCUT2D eigenvalue weighted by atomic mass is 10.1. The van der Waals surface area contributed by atoms with Crippen LogP contribution in [0.15, 0.2) is 12.4 Å². The van der Waals surface area contributed by atoms with Crippen molar-refractivity contribution < 1.29 is 4.74 Å². The zero-order valence-corrected chi connectivity index (χ0v) is 10.9. The van der Waals surface area contributed by atoms with E-state index in [2.05, 4.69) is 29.8 Å². The van der Waals surface area contributed by atoms with Crippen LogP contribution in [0, 0.1) is 0 Å². The Labute approximate surface area is 98.8 Å². The molecule has 0 radical (unpaired) electrons. The van der Waals surface area contributed by atoms with Crippen molar-refractivity contribution in [2.45, 2.75) is 52.5 Å². The molecule has 1 unspecified atom stereocenters. The summed E-state index contributed by atoms with van der Waals surface area (Å²) in [5, 5.41) is 4.40. The summed E-state index contributed by atoms with van der Waals surface area (Å²) in [6.45, 7) is 10.1. The van der Waals surface area contributed by atoms with Crippen molar-refractivity contribution in [3.8, 4) is 0 Å². The molecule has 1 aliphatic rings. The Kier molecular flexibility index (Phi) is 5.53. The third kappa shape index (κ3) is 3.34. The summed E-state index contributed by atoms with van der Waals surface area (Å²) in [6.07, 6.45) is 6.48. The highest BCUT2D eigenvalue weighted by Gasteiger charge is 2.16. The van der Waals surface area contributed by atoms with Gasteiger partial charge in [-0.15, -0.1) is 0 Å². The van der Waals surface area contributed by atoms with Crippen molar-refractivity contribution in [2.75, 3.05) is 13.2 Å². The van der Waals surface area contributed by atoms with Crippen molar-refractivity contribution in [3.05, 3.63) is 18.0 Å². The van der Waals surface area contributed by atoms with Crippen LogP contribution in [0.25, 0.3) is 0 Å². The number of rotatable bonds is 2. The lowest BCUT2D eigenvalue weighted by Crippen LogP contribution is -2.21. The minimum absolute atomic E-state index is 0.455. The number of hydrogen-bond acceptors (Lipinski definition) is 2. The van der Waals surface area contributed by atoms with Crippen LogP contribution in [0.3, 0.4) is 0 Å². The lowest BCUT2D eigenvalue weighted by molar-refractivity contribution is 0.0549. The predicted molar refractivity (Wildman–Crippen MR) is 66.8 cm³/mol. The third-order valence-corrected chi connectivity index (χ3v) is 2.80. The number of nitrogens with zero attached hydrogens (tertiary/aromatic N) is 2. The standard InChI is InChI=1S/C11H18N2O.C2H6/c1-9(2)10-6-12-13(7-10)11-4-3-5-14-8-11;1-2/h6-7,9,11H,3-5,8H2,1-2H3;1-2H3. The third-order valence-electron chi connectivity index (χ3n) is 2.80. The van der Waals surface area contributed by atoms with Crippen LogP contribution >= 0.6 is 0 Å². The van der Waals surface area contributed by atoms with Crippen molar-refractivity contribution in [3.63, 3.8) is 0 Å². The molecule has 16 heavy (non-hydrogen) atoms. The van der Waals surface area contributed by atoms with Crippen LogP contribution < -0.4 is 0 Å². The molecule has 2 rings (SSSR count). The first-order valence-corrected chi connectivity index (χ1v) is 6.39. The Hall–Kier alpha value is -0.830. The van der Waals surface area contributed by atoms with Crippen LogP contribution in [0.5, 0.6) is 0 Å². The topological polar surface area (TPSA) is 27.1 Å². The zero-order valence-electron chi connectivity index (χ0n) is 10.9. The molecule has 1 aromatic rings. The van der Waals surface area contributed by atoms with Crippen LogP contribution in [-0.2, 0) is 4.74 Å². The van der Waals surface area contributed by atoms with Gasteiger partial charge in [-0.2, -0.15) is 5.10 Å². The largest absolute Gasteiger partial charge is 0.379 e. The Morgan fingerprint density at radius 2 is 2.19 bits per heavy atom. The van der Waals surface area contributed by atoms with Gasteiger partial charge in [0.25, 0.3) is 0 Å². The Balaban J connectivity index is 0.000000606. The van der Waals surface area contributed by atoms with Crippen LogP contribution in [-0.4, -0.2) is 23.0 Å². The maximum Gasteiger partial charge on any atom is 0.0753 e. The van der Waals surface area contributed by atoms with Crippen LogP contribution in [0.1, 0.15) is 58.1 Å². The normalized spacial score (nSPS) is 20.4. The molecule has 1 aliphatic heterocycles. The molecule has 1 fully saturated rings. The van der Waals surface area contributed by atoms with E-state index in [0.717, 1.165) is 19.6 Å². The molecule has 0 aromatic carbocycles. The van der Waals surface area contributed by atoms with E-state index in [1.807, 2.05) is 20.0 Å². The highest BCUT2D eigenvalue weighted by Crippen LogP contribution is 2.21. The molecule has 0 spiro atoms. The van der Waals surface area contributed by atoms with E-state index in [9.17, 15) is 0 Å². The number of ether oxygens (including phenoxy) is 1. The highest BCUT2D eigenvalue weighted by molar-refractivity contribution is 5.09. The molecule has 0 amide bonds. The van der Waals surface area contributed by atoms with Gasteiger partial charge in [-0.3, -0.25) is 4.68 Å². The van der Waals surface area contributed by atoms with Gasteiger partial charge in [0.15, 0.2) is 0 Å². The van der Waals surface area contributed by atoms with Crippen molar-refractivity contribution in [1.82, 2.24) is 9.78 Å². The molecule has 0 aliphatic carbocycles. The average molecular weight is 224 g/mol. The van der Waals surface area contributed by atoms with Crippen LogP contribution in [0.4, 0.5) is 0 Å². The molecular formula is C13H24N2O. The van der Waals surface area contributed by atoms with Gasteiger partial charge in [0.1, 0.15) is 0 Å². The van der Waals surface area contributed by atoms with E-state index >= 15 is 0 Å². The fourth-order valence-corrected chi connectivity index (χ4v) is 1.78. The SMILES string of the molecule is CC.CC(C)c1cnn(C2CCCOC2)c1. The summed E-state index contributed by atoms with van der Waals surface area (Å²) in [5.41, 5.74) is 1.32. The number of aromatic nitrogens is 2. The van der Waals surface area contributed by atoms with E-state index in [1.165, 1.54) is 12.0 Å². The lowest BCUT2D eigenvalue weighted by Gasteiger charge is -2.22. The summed E-state index contributed by atoms with van der Waals surface area (Å²) in [7, 11) is 0. The molecule has 0 N–H and O–H groups in total. The van der Waals surface area contributed by atoms with E-state index in [-0.39, 0.29) is 0 Å². The molecular weight excluding hydrogens is 200 g/mol. The van der Waals surface area contributed by atoms with Gasteiger partial charge in [0, 0.05) is 12.8 Å². The second kappa shape index (κ2) is 6.69. The van der Waals surface area contributed by atoms with E-state index < -0.39 is 0 Å². The average Bonchev–Trinajstić information content (AvgIpc) is 2.82. The van der Waals surface area contributed by atoms with Gasteiger partial charge in [-0.25, -0.2) is 0 Å². The fraction of sp³-hybridized carbons (Fsp3) is 0.769. The van der Waals surface area contributed by atoms with Crippen molar-refractivity contribution in [2.24, 2.45) is 0 Å². The monoisotopic (exact) mass is 224 g/mol. The maximum atomic E-state index is 5.45. The minimum Gasteiger partial charge on any atom is -0.379 e. The van der Waals surface area contributed by atoms with E-state index in [4.69, 9.17) is 4.74 Å². The first kappa shape index (κ1) is 13.2. The van der Waals surface area contributed by atoms with E-state index in [1.54, 1.807) is 0 Å². The minimum atomic E-state index is 0.455. The molecule has 92 valence electrons. The molecule has 0 saturated carbocycles. The summed E-state index contributed by atoms with van der Waals surface area (Å²) in [5.74, 6) is 0.563. The first-order valence-electron chi connectivity index (χ1n) is 6.39. The van der Waals surface area contributed by atoms with E-state index in [0.29, 0.717) is 12.0 Å². The second-order valence-corrected chi connectivity index (χ2v) is 4.28. The molecule has 3 heteroatoms. The van der Waals surface area contributed by atoms with Crippen molar-refractivity contribution >= 4 is 0 Å². The number of hydrogen-bond donors (Lipinski definition) is 0. The molecule has 1 saturated heterocycles. The van der Waals surface area contributed by atoms with Crippen molar-refractivity contribution in [1.29, 1.82) is 0 Å². The highest BCUT2D eigenvalue weighted by atomic mass is 16.5. The van der Waals surface area contributed by atoms with Crippen LogP contribution in [0.2, 0.25) is 0 Å². The molecule has 3 nitrogen and oxygen atoms in total. The summed E-state index contributed by atoms with van der Waals surface area (Å²) < 4.78 is 7.51. The summed E-state index contributed by atoms with van der Waals surface area (Å²) >= 11 is 0. The van der Waals surface area contributed by atoms with Gasteiger partial charge in [-0.05, 0) is 24.3 Å². The molecule has 1 atom stereocenters. The zero-order chi connectivity index (χ0) is 12.0. The maximum absolute atomic E-state index is 5.45. The van der Waals surface area contributed by atoms with Gasteiger partial charge in [-0.1, -0.05) is 27.7 Å². The first-order chi connectivity index (χ1) is 7.77. The smallest absolute Gasteiger partial charge is 0.0753 e. The summed E-state index contributed by atoms with van der Waals surface area (Å²) in [4.78, 5) is 0. The van der Waals surface area contributed by atoms with Gasteiger partial charge in [0.2, 0.25) is 0 Å². The van der Waals surface area contributed by atoms with Gasteiger partial charge in [0.05, 0.1) is 18.8 Å². The second-order valence-electron chi connectivity index (χ2n) is 4.28.